The zero-order valence-electron chi connectivity index (χ0n) is 19.0. The third-order valence-electron chi connectivity index (χ3n) is 6.05. The van der Waals surface area contributed by atoms with Crippen LogP contribution in [0.4, 0.5) is 10.2 Å². The first-order chi connectivity index (χ1) is 16.4. The van der Waals surface area contributed by atoms with Gasteiger partial charge in [0, 0.05) is 31.7 Å². The lowest BCUT2D eigenvalue weighted by molar-refractivity contribution is 0.0767. The minimum Gasteiger partial charge on any atom is -0.354 e. The summed E-state index contributed by atoms with van der Waals surface area (Å²) in [5.41, 5.74) is 2.77. The summed E-state index contributed by atoms with van der Waals surface area (Å²) in [5, 5.41) is 6.21. The van der Waals surface area contributed by atoms with E-state index in [0.717, 1.165) is 35.6 Å². The molecule has 174 valence electrons. The Balaban J connectivity index is 1.47. The average Bonchev–Trinajstić information content (AvgIpc) is 2.99. The first-order valence-corrected chi connectivity index (χ1v) is 11.6. The highest BCUT2D eigenvalue weighted by Crippen LogP contribution is 2.31. The van der Waals surface area contributed by atoms with Crippen LogP contribution < -0.4 is 4.90 Å². The largest absolute Gasteiger partial charge is 0.354 e. The van der Waals surface area contributed by atoms with Crippen molar-refractivity contribution in [3.05, 3.63) is 76.5 Å². The third kappa shape index (κ3) is 4.09. The smallest absolute Gasteiger partial charge is 0.253 e. The molecule has 0 N–H and O–H groups in total. The van der Waals surface area contributed by atoms with Gasteiger partial charge in [0.2, 0.25) is 0 Å². The number of carbonyl (C=O) groups excluding carboxylic acids is 1. The Bertz CT molecular complexity index is 1370. The molecule has 9 heteroatoms. The van der Waals surface area contributed by atoms with Gasteiger partial charge in [0.15, 0.2) is 5.65 Å². The van der Waals surface area contributed by atoms with E-state index >= 15 is 0 Å². The first kappa shape index (κ1) is 22.3. The summed E-state index contributed by atoms with van der Waals surface area (Å²) in [6.45, 7) is 6.34. The van der Waals surface area contributed by atoms with Gasteiger partial charge in [-0.3, -0.25) is 4.79 Å². The summed E-state index contributed by atoms with van der Waals surface area (Å²) < 4.78 is 15.0. The summed E-state index contributed by atoms with van der Waals surface area (Å²) in [5.74, 6) is 1.01. The summed E-state index contributed by atoms with van der Waals surface area (Å²) in [7, 11) is 0. The van der Waals surface area contributed by atoms with E-state index in [1.165, 1.54) is 24.3 Å². The number of nitrogens with zero attached hydrogens (tertiary/aromatic N) is 6. The highest BCUT2D eigenvalue weighted by molar-refractivity contribution is 6.32. The molecule has 3 heterocycles. The Morgan fingerprint density at radius 3 is 2.50 bits per heavy atom. The lowest BCUT2D eigenvalue weighted by atomic mass is 10.2. The number of fused-ring (bicyclic) bond motifs is 1. The van der Waals surface area contributed by atoms with Crippen molar-refractivity contribution in [2.45, 2.75) is 20.3 Å². The van der Waals surface area contributed by atoms with Crippen LogP contribution in [-0.4, -0.2) is 56.7 Å². The van der Waals surface area contributed by atoms with Crippen LogP contribution in [0.5, 0.6) is 0 Å². The number of halogens is 2. The summed E-state index contributed by atoms with van der Waals surface area (Å²) >= 11 is 6.45. The molecule has 7 nitrogen and oxygen atoms in total. The standard InChI is InChI=1S/C25H24ClFN6O/c1-16-22-23(28-17(2)29-24(22)33(30-16)21-7-4-3-6-20(21)26)31-12-5-13-32(15-14-31)25(34)18-8-10-19(27)11-9-18/h3-4,6-11H,5,12-15H2,1-2H3. The summed E-state index contributed by atoms with van der Waals surface area (Å²) in [6.07, 6.45) is 0.787. The molecule has 0 radical (unpaired) electrons. The van der Waals surface area contributed by atoms with Gasteiger partial charge in [-0.2, -0.15) is 5.10 Å². The molecule has 0 spiro atoms. The number of hydrogen-bond donors (Lipinski definition) is 0. The number of carbonyl (C=O) groups is 1. The quantitative estimate of drug-likeness (QED) is 0.431. The zero-order chi connectivity index (χ0) is 23.8. The number of aromatic nitrogens is 4. The van der Waals surface area contributed by atoms with E-state index in [4.69, 9.17) is 26.7 Å². The van der Waals surface area contributed by atoms with Gasteiger partial charge in [0.05, 0.1) is 21.8 Å². The third-order valence-corrected chi connectivity index (χ3v) is 6.37. The maximum Gasteiger partial charge on any atom is 0.253 e. The first-order valence-electron chi connectivity index (χ1n) is 11.2. The molecule has 2 aromatic carbocycles. The topological polar surface area (TPSA) is 67.2 Å². The number of para-hydroxylation sites is 1. The fourth-order valence-electron chi connectivity index (χ4n) is 4.40. The summed E-state index contributed by atoms with van der Waals surface area (Å²) in [4.78, 5) is 26.4. The highest BCUT2D eigenvalue weighted by Gasteiger charge is 2.25. The number of rotatable bonds is 3. The van der Waals surface area contributed by atoms with Gasteiger partial charge in [-0.05, 0) is 56.7 Å². The lowest BCUT2D eigenvalue weighted by Crippen LogP contribution is -2.35. The van der Waals surface area contributed by atoms with Crippen LogP contribution >= 0.6 is 11.6 Å². The molecule has 1 saturated heterocycles. The molecule has 0 atom stereocenters. The van der Waals surface area contributed by atoms with Gasteiger partial charge < -0.3 is 9.80 Å². The Morgan fingerprint density at radius 1 is 0.971 bits per heavy atom. The van der Waals surface area contributed by atoms with Gasteiger partial charge in [-0.25, -0.2) is 19.0 Å². The Hall–Kier alpha value is -3.52. The number of anilines is 1. The van der Waals surface area contributed by atoms with Gasteiger partial charge in [0.1, 0.15) is 17.5 Å². The van der Waals surface area contributed by atoms with Crippen LogP contribution in [0.1, 0.15) is 28.3 Å². The molecule has 1 aliphatic rings. The normalized spacial score (nSPS) is 14.5. The van der Waals surface area contributed by atoms with Crippen LogP contribution in [0.25, 0.3) is 16.7 Å². The average molecular weight is 479 g/mol. The van der Waals surface area contributed by atoms with E-state index in [1.807, 2.05) is 43.0 Å². The van der Waals surface area contributed by atoms with Crippen molar-refractivity contribution >= 4 is 34.4 Å². The number of hydrogen-bond acceptors (Lipinski definition) is 5. The predicted molar refractivity (Wildman–Crippen MR) is 130 cm³/mol. The molecule has 0 unspecified atom stereocenters. The number of aryl methyl sites for hydroxylation is 2. The van der Waals surface area contributed by atoms with E-state index in [1.54, 1.807) is 4.68 Å². The van der Waals surface area contributed by atoms with Crippen molar-refractivity contribution in [3.8, 4) is 5.69 Å². The molecule has 0 saturated carbocycles. The molecule has 4 aromatic rings. The molecular formula is C25H24ClFN6O. The van der Waals surface area contributed by atoms with Crippen molar-refractivity contribution in [1.82, 2.24) is 24.6 Å². The molecule has 1 fully saturated rings. The van der Waals surface area contributed by atoms with Gasteiger partial charge in [0.25, 0.3) is 5.91 Å². The number of amides is 1. The van der Waals surface area contributed by atoms with Crippen LogP contribution in [-0.2, 0) is 0 Å². The van der Waals surface area contributed by atoms with Crippen molar-refractivity contribution in [1.29, 1.82) is 0 Å². The predicted octanol–water partition coefficient (Wildman–Crippen LogP) is 4.58. The van der Waals surface area contributed by atoms with Crippen molar-refractivity contribution in [2.75, 3.05) is 31.1 Å². The molecule has 1 amide bonds. The fraction of sp³-hybridized carbons (Fsp3) is 0.280. The minimum atomic E-state index is -0.352. The molecule has 5 rings (SSSR count). The molecule has 2 aromatic heterocycles. The highest BCUT2D eigenvalue weighted by atomic mass is 35.5. The van der Waals surface area contributed by atoms with Crippen LogP contribution in [0, 0.1) is 19.7 Å². The molecule has 0 bridgehead atoms. The van der Waals surface area contributed by atoms with Crippen LogP contribution in [0.15, 0.2) is 48.5 Å². The van der Waals surface area contributed by atoms with Gasteiger partial charge in [-0.15, -0.1) is 0 Å². The molecule has 0 aliphatic carbocycles. The Labute approximate surface area is 201 Å². The monoisotopic (exact) mass is 478 g/mol. The second-order valence-corrected chi connectivity index (χ2v) is 8.79. The molecule has 1 aliphatic heterocycles. The van der Waals surface area contributed by atoms with E-state index in [9.17, 15) is 9.18 Å². The zero-order valence-corrected chi connectivity index (χ0v) is 19.8. The van der Waals surface area contributed by atoms with E-state index in [-0.39, 0.29) is 11.7 Å². The fourth-order valence-corrected chi connectivity index (χ4v) is 4.61. The maximum absolute atomic E-state index is 13.3. The molecular weight excluding hydrogens is 455 g/mol. The van der Waals surface area contributed by atoms with Crippen LogP contribution in [0.3, 0.4) is 0 Å². The SMILES string of the molecule is Cc1nc(N2CCCN(C(=O)c3ccc(F)cc3)CC2)c2c(C)nn(-c3ccccc3Cl)c2n1. The Kier molecular flexibility index (Phi) is 5.91. The summed E-state index contributed by atoms with van der Waals surface area (Å²) in [6, 6.07) is 13.2. The van der Waals surface area contributed by atoms with Gasteiger partial charge >= 0.3 is 0 Å². The maximum atomic E-state index is 13.3. The van der Waals surface area contributed by atoms with Gasteiger partial charge in [-0.1, -0.05) is 23.7 Å². The van der Waals surface area contributed by atoms with E-state index < -0.39 is 0 Å². The van der Waals surface area contributed by atoms with E-state index in [2.05, 4.69) is 4.90 Å². The second kappa shape index (κ2) is 9.02. The molecule has 34 heavy (non-hydrogen) atoms. The number of benzene rings is 2. The van der Waals surface area contributed by atoms with Crippen LogP contribution in [0.2, 0.25) is 5.02 Å². The van der Waals surface area contributed by atoms with Crippen molar-refractivity contribution in [3.63, 3.8) is 0 Å². The van der Waals surface area contributed by atoms with Crippen molar-refractivity contribution in [2.24, 2.45) is 0 Å². The second-order valence-electron chi connectivity index (χ2n) is 8.38. The lowest BCUT2D eigenvalue weighted by Gasteiger charge is -2.24. The Morgan fingerprint density at radius 2 is 1.74 bits per heavy atom. The minimum absolute atomic E-state index is 0.0893. The van der Waals surface area contributed by atoms with Crippen molar-refractivity contribution < 1.29 is 9.18 Å². The van der Waals surface area contributed by atoms with E-state index in [0.29, 0.717) is 41.7 Å².